The highest BCUT2D eigenvalue weighted by molar-refractivity contribution is 9.09. The van der Waals surface area contributed by atoms with Crippen LogP contribution in [0.25, 0.3) is 0 Å². The van der Waals surface area contributed by atoms with Gasteiger partial charge >= 0.3 is 0 Å². The van der Waals surface area contributed by atoms with Gasteiger partial charge in [-0.2, -0.15) is 11.3 Å². The zero-order valence-corrected chi connectivity index (χ0v) is 13.1. The Labute approximate surface area is 124 Å². The second kappa shape index (κ2) is 5.95. The molecule has 0 spiro atoms. The number of alkyl halides is 1. The maximum absolute atomic E-state index is 6.25. The molecule has 0 fully saturated rings. The molecule has 5 heteroatoms. The molecule has 0 radical (unpaired) electrons. The van der Waals surface area contributed by atoms with Crippen molar-refractivity contribution in [2.75, 3.05) is 14.2 Å². The molecule has 1 unspecified atom stereocenters. The summed E-state index contributed by atoms with van der Waals surface area (Å²) in [7, 11) is 3.20. The molecule has 0 saturated carbocycles. The van der Waals surface area contributed by atoms with Gasteiger partial charge in [0.1, 0.15) is 16.5 Å². The van der Waals surface area contributed by atoms with E-state index in [1.807, 2.05) is 17.5 Å². The summed E-state index contributed by atoms with van der Waals surface area (Å²) in [6, 6.07) is 5.88. The number of rotatable bonds is 4. The van der Waals surface area contributed by atoms with Gasteiger partial charge in [-0.15, -0.1) is 0 Å². The highest BCUT2D eigenvalue weighted by Crippen LogP contribution is 2.44. The van der Waals surface area contributed by atoms with Crippen molar-refractivity contribution in [3.63, 3.8) is 0 Å². The van der Waals surface area contributed by atoms with Crippen molar-refractivity contribution in [2.24, 2.45) is 0 Å². The van der Waals surface area contributed by atoms with Crippen LogP contribution in [-0.4, -0.2) is 14.2 Å². The molecule has 2 rings (SSSR count). The maximum atomic E-state index is 6.25. The number of methoxy groups -OCH3 is 2. The van der Waals surface area contributed by atoms with E-state index in [1.54, 1.807) is 25.6 Å². The first-order chi connectivity index (χ1) is 8.69. The van der Waals surface area contributed by atoms with Crippen molar-refractivity contribution in [1.29, 1.82) is 0 Å². The molecule has 0 saturated heterocycles. The Morgan fingerprint density at radius 2 is 2.00 bits per heavy atom. The lowest BCUT2D eigenvalue weighted by Gasteiger charge is -2.16. The smallest absolute Gasteiger partial charge is 0.145 e. The van der Waals surface area contributed by atoms with E-state index < -0.39 is 0 Å². The van der Waals surface area contributed by atoms with Crippen LogP contribution in [0.1, 0.15) is 16.0 Å². The second-order valence-electron chi connectivity index (χ2n) is 3.62. The van der Waals surface area contributed by atoms with Crippen LogP contribution in [0, 0.1) is 0 Å². The van der Waals surface area contributed by atoms with Crippen LogP contribution in [-0.2, 0) is 0 Å². The lowest BCUT2D eigenvalue weighted by molar-refractivity contribution is 0.392. The summed E-state index contributed by atoms with van der Waals surface area (Å²) >= 11 is 11.6. The first-order valence-corrected chi connectivity index (χ1v) is 7.49. The normalized spacial score (nSPS) is 12.2. The van der Waals surface area contributed by atoms with Crippen LogP contribution in [0.2, 0.25) is 5.02 Å². The van der Waals surface area contributed by atoms with Gasteiger partial charge in [-0.05, 0) is 28.5 Å². The molecule has 2 nitrogen and oxygen atoms in total. The second-order valence-corrected chi connectivity index (χ2v) is 5.70. The van der Waals surface area contributed by atoms with Gasteiger partial charge in [0.05, 0.1) is 19.0 Å². The molecule has 1 aromatic carbocycles. The highest BCUT2D eigenvalue weighted by atomic mass is 79.9. The minimum atomic E-state index is 0.0575. The number of hydrogen-bond acceptors (Lipinski definition) is 3. The molecule has 1 aromatic heterocycles. The topological polar surface area (TPSA) is 18.5 Å². The highest BCUT2D eigenvalue weighted by Gasteiger charge is 2.20. The van der Waals surface area contributed by atoms with E-state index in [1.165, 1.54) is 5.56 Å². The number of hydrogen-bond donors (Lipinski definition) is 0. The molecule has 0 aliphatic carbocycles. The Morgan fingerprint density at radius 3 is 2.56 bits per heavy atom. The minimum absolute atomic E-state index is 0.0575. The predicted octanol–water partition coefficient (Wildman–Crippen LogP) is 4.90. The van der Waals surface area contributed by atoms with Crippen LogP contribution in [0.4, 0.5) is 0 Å². The van der Waals surface area contributed by atoms with Gasteiger partial charge in [0.2, 0.25) is 0 Å². The van der Waals surface area contributed by atoms with Crippen LogP contribution < -0.4 is 9.47 Å². The lowest BCUT2D eigenvalue weighted by Crippen LogP contribution is -1.98. The van der Waals surface area contributed by atoms with Crippen molar-refractivity contribution in [3.05, 3.63) is 45.1 Å². The van der Waals surface area contributed by atoms with E-state index in [-0.39, 0.29) is 4.83 Å². The van der Waals surface area contributed by atoms with E-state index >= 15 is 0 Å². The van der Waals surface area contributed by atoms with Crippen LogP contribution in [0.5, 0.6) is 11.5 Å². The monoisotopic (exact) mass is 346 g/mol. The summed E-state index contributed by atoms with van der Waals surface area (Å²) in [5.74, 6) is 1.26. The van der Waals surface area contributed by atoms with Crippen LogP contribution in [0.15, 0.2) is 29.0 Å². The summed E-state index contributed by atoms with van der Waals surface area (Å²) in [4.78, 5) is 0.0575. The lowest BCUT2D eigenvalue weighted by atomic mass is 10.1. The summed E-state index contributed by atoms with van der Waals surface area (Å²) in [6.45, 7) is 0. The third kappa shape index (κ3) is 2.51. The van der Waals surface area contributed by atoms with Gasteiger partial charge in [-0.25, -0.2) is 0 Å². The van der Waals surface area contributed by atoms with E-state index in [2.05, 4.69) is 27.4 Å². The summed E-state index contributed by atoms with van der Waals surface area (Å²) in [6.07, 6.45) is 0. The molecule has 0 N–H and O–H groups in total. The molecule has 2 aromatic rings. The van der Waals surface area contributed by atoms with Gasteiger partial charge < -0.3 is 9.47 Å². The number of thiophene rings is 1. The number of ether oxygens (including phenoxy) is 2. The van der Waals surface area contributed by atoms with Gasteiger partial charge in [0.15, 0.2) is 0 Å². The first kappa shape index (κ1) is 13.7. The molecule has 0 aliphatic rings. The van der Waals surface area contributed by atoms with Gasteiger partial charge in [0, 0.05) is 5.56 Å². The molecule has 0 bridgehead atoms. The number of benzene rings is 1. The fourth-order valence-corrected chi connectivity index (χ4v) is 3.55. The Kier molecular flexibility index (Phi) is 4.54. The molecular formula is C13H12BrClO2S. The van der Waals surface area contributed by atoms with E-state index in [0.717, 1.165) is 5.56 Å². The summed E-state index contributed by atoms with van der Waals surface area (Å²) in [5.41, 5.74) is 2.17. The molecule has 1 atom stereocenters. The van der Waals surface area contributed by atoms with E-state index in [0.29, 0.717) is 16.5 Å². The quantitative estimate of drug-likeness (QED) is 0.732. The van der Waals surface area contributed by atoms with Crippen molar-refractivity contribution in [2.45, 2.75) is 4.83 Å². The Hall–Kier alpha value is -0.710. The molecule has 0 aliphatic heterocycles. The van der Waals surface area contributed by atoms with Gasteiger partial charge in [0.25, 0.3) is 0 Å². The van der Waals surface area contributed by atoms with Crippen molar-refractivity contribution < 1.29 is 9.47 Å². The fraction of sp³-hybridized carbons (Fsp3) is 0.231. The Bertz CT molecular complexity index is 528. The van der Waals surface area contributed by atoms with Gasteiger partial charge in [-0.1, -0.05) is 33.6 Å². The molecule has 1 heterocycles. The molecule has 0 amide bonds. The summed E-state index contributed by atoms with van der Waals surface area (Å²) < 4.78 is 10.6. The Balaban J connectivity index is 2.48. The van der Waals surface area contributed by atoms with Crippen LogP contribution in [0.3, 0.4) is 0 Å². The van der Waals surface area contributed by atoms with Crippen LogP contribution >= 0.6 is 38.9 Å². The average Bonchev–Trinajstić information content (AvgIpc) is 2.91. The van der Waals surface area contributed by atoms with E-state index in [9.17, 15) is 0 Å². The SMILES string of the molecule is COc1ccc(C(Br)c2ccsc2)c(OC)c1Cl. The van der Waals surface area contributed by atoms with E-state index in [4.69, 9.17) is 21.1 Å². The average molecular weight is 348 g/mol. The first-order valence-electron chi connectivity index (χ1n) is 5.25. The third-order valence-corrected chi connectivity index (χ3v) is 4.71. The molecule has 18 heavy (non-hydrogen) atoms. The predicted molar refractivity (Wildman–Crippen MR) is 79.6 cm³/mol. The van der Waals surface area contributed by atoms with Crippen molar-refractivity contribution >= 4 is 38.9 Å². The zero-order valence-electron chi connectivity index (χ0n) is 9.94. The third-order valence-electron chi connectivity index (χ3n) is 2.63. The van der Waals surface area contributed by atoms with Crippen molar-refractivity contribution in [1.82, 2.24) is 0 Å². The maximum Gasteiger partial charge on any atom is 0.145 e. The largest absolute Gasteiger partial charge is 0.495 e. The standard InChI is InChI=1S/C13H12BrClO2S/c1-16-10-4-3-9(13(17-2)12(10)15)11(14)8-5-6-18-7-8/h3-7,11H,1-2H3. The molecular weight excluding hydrogens is 336 g/mol. The minimum Gasteiger partial charge on any atom is -0.495 e. The Morgan fingerprint density at radius 1 is 1.22 bits per heavy atom. The summed E-state index contributed by atoms with van der Waals surface area (Å²) in [5, 5.41) is 4.63. The fourth-order valence-electron chi connectivity index (χ4n) is 1.72. The van der Waals surface area contributed by atoms with Crippen molar-refractivity contribution in [3.8, 4) is 11.5 Å². The zero-order chi connectivity index (χ0) is 13.1. The molecule has 96 valence electrons. The number of halogens is 2. The van der Waals surface area contributed by atoms with Gasteiger partial charge in [-0.3, -0.25) is 0 Å².